The largest absolute Gasteiger partial charge is 0.358 e. The molecule has 0 saturated carbocycles. The van der Waals surface area contributed by atoms with Crippen molar-refractivity contribution in [1.29, 1.82) is 0 Å². The van der Waals surface area contributed by atoms with Gasteiger partial charge in [0.2, 0.25) is 0 Å². The Hall–Kier alpha value is -2.43. The zero-order valence-corrected chi connectivity index (χ0v) is 15.8. The maximum absolute atomic E-state index is 12.5. The van der Waals surface area contributed by atoms with Gasteiger partial charge < -0.3 is 10.2 Å². The number of para-hydroxylation sites is 1. The Bertz CT molecular complexity index is 704. The van der Waals surface area contributed by atoms with Crippen LogP contribution >= 0.6 is 0 Å². The summed E-state index contributed by atoms with van der Waals surface area (Å²) in [7, 11) is 1.99. The first-order valence-corrected chi connectivity index (χ1v) is 8.78. The molecule has 1 heterocycles. The first-order valence-electron chi connectivity index (χ1n) is 8.78. The maximum Gasteiger partial charge on any atom is 0.276 e. The standard InChI is InChI=1S/C20H28N4O/c1-6-7-14-24(5)18-13-12-17(22-23-18)19(25)21-16-11-9-8-10-15(16)20(2,3)4/h8-13H,6-7,14H2,1-5H3,(H,21,25). The van der Waals surface area contributed by atoms with Crippen LogP contribution in [0.1, 0.15) is 56.6 Å². The molecule has 0 saturated heterocycles. The third kappa shape index (κ3) is 5.02. The van der Waals surface area contributed by atoms with E-state index in [1.54, 1.807) is 6.07 Å². The average molecular weight is 340 g/mol. The number of hydrogen-bond acceptors (Lipinski definition) is 4. The minimum atomic E-state index is -0.244. The molecule has 0 spiro atoms. The van der Waals surface area contributed by atoms with Crippen molar-refractivity contribution in [3.8, 4) is 0 Å². The molecular formula is C20H28N4O. The first-order chi connectivity index (χ1) is 11.8. The van der Waals surface area contributed by atoms with Gasteiger partial charge in [0.25, 0.3) is 5.91 Å². The predicted octanol–water partition coefficient (Wildman–Crippen LogP) is 4.26. The van der Waals surface area contributed by atoms with Gasteiger partial charge in [0.05, 0.1) is 0 Å². The van der Waals surface area contributed by atoms with Crippen LogP contribution in [-0.2, 0) is 5.41 Å². The number of aromatic nitrogens is 2. The zero-order valence-electron chi connectivity index (χ0n) is 15.8. The van der Waals surface area contributed by atoms with Crippen molar-refractivity contribution in [1.82, 2.24) is 10.2 Å². The fourth-order valence-electron chi connectivity index (χ4n) is 2.59. The molecule has 5 nitrogen and oxygen atoms in total. The molecule has 0 bridgehead atoms. The van der Waals surface area contributed by atoms with Crippen LogP contribution in [0.2, 0.25) is 0 Å². The Labute approximate surface area is 150 Å². The number of nitrogens with one attached hydrogen (secondary N) is 1. The van der Waals surface area contributed by atoms with Gasteiger partial charge in [0.1, 0.15) is 0 Å². The number of rotatable bonds is 6. The van der Waals surface area contributed by atoms with Crippen LogP contribution in [0, 0.1) is 0 Å². The normalized spacial score (nSPS) is 11.2. The first kappa shape index (κ1) is 18.9. The topological polar surface area (TPSA) is 58.1 Å². The van der Waals surface area contributed by atoms with E-state index in [2.05, 4.69) is 43.2 Å². The Morgan fingerprint density at radius 1 is 1.12 bits per heavy atom. The number of carbonyl (C=O) groups excluding carboxylic acids is 1. The van der Waals surface area contributed by atoms with Gasteiger partial charge in [-0.3, -0.25) is 4.79 Å². The van der Waals surface area contributed by atoms with E-state index in [0.717, 1.165) is 36.5 Å². The van der Waals surface area contributed by atoms with Crippen molar-refractivity contribution in [2.75, 3.05) is 23.8 Å². The van der Waals surface area contributed by atoms with Crippen LogP contribution in [0.15, 0.2) is 36.4 Å². The average Bonchev–Trinajstić information content (AvgIpc) is 2.59. The van der Waals surface area contributed by atoms with Gasteiger partial charge in [0, 0.05) is 19.3 Å². The number of amides is 1. The van der Waals surface area contributed by atoms with E-state index in [1.165, 1.54) is 0 Å². The van der Waals surface area contributed by atoms with Crippen LogP contribution in [0.5, 0.6) is 0 Å². The van der Waals surface area contributed by atoms with E-state index in [4.69, 9.17) is 0 Å². The second kappa shape index (κ2) is 8.10. The van der Waals surface area contributed by atoms with E-state index in [1.807, 2.05) is 42.3 Å². The van der Waals surface area contributed by atoms with Crippen LogP contribution < -0.4 is 10.2 Å². The van der Waals surface area contributed by atoms with Crippen LogP contribution in [0.3, 0.4) is 0 Å². The van der Waals surface area contributed by atoms with Crippen molar-refractivity contribution in [2.45, 2.75) is 46.0 Å². The Morgan fingerprint density at radius 2 is 1.84 bits per heavy atom. The summed E-state index contributed by atoms with van der Waals surface area (Å²) in [4.78, 5) is 14.6. The van der Waals surface area contributed by atoms with E-state index in [0.29, 0.717) is 5.69 Å². The van der Waals surface area contributed by atoms with E-state index >= 15 is 0 Å². The highest BCUT2D eigenvalue weighted by molar-refractivity contribution is 6.03. The number of nitrogens with zero attached hydrogens (tertiary/aromatic N) is 3. The summed E-state index contributed by atoms with van der Waals surface area (Å²) < 4.78 is 0. The lowest BCUT2D eigenvalue weighted by Gasteiger charge is -2.23. The number of unbranched alkanes of at least 4 members (excludes halogenated alkanes) is 1. The van der Waals surface area contributed by atoms with Crippen molar-refractivity contribution in [3.63, 3.8) is 0 Å². The lowest BCUT2D eigenvalue weighted by atomic mass is 9.86. The molecule has 1 aromatic heterocycles. The molecule has 0 aliphatic heterocycles. The molecule has 0 fully saturated rings. The van der Waals surface area contributed by atoms with E-state index in [-0.39, 0.29) is 11.3 Å². The predicted molar refractivity (Wildman–Crippen MR) is 103 cm³/mol. The fourth-order valence-corrected chi connectivity index (χ4v) is 2.59. The molecule has 25 heavy (non-hydrogen) atoms. The summed E-state index contributed by atoms with van der Waals surface area (Å²) in [6.45, 7) is 9.45. The molecule has 0 aliphatic rings. The lowest BCUT2D eigenvalue weighted by Crippen LogP contribution is -2.22. The molecule has 2 rings (SSSR count). The van der Waals surface area contributed by atoms with Gasteiger partial charge in [-0.25, -0.2) is 0 Å². The minimum Gasteiger partial charge on any atom is -0.358 e. The van der Waals surface area contributed by atoms with Gasteiger partial charge in [-0.15, -0.1) is 10.2 Å². The molecule has 1 N–H and O–H groups in total. The Morgan fingerprint density at radius 3 is 2.44 bits per heavy atom. The summed E-state index contributed by atoms with van der Waals surface area (Å²) in [5.74, 6) is 0.534. The quantitative estimate of drug-likeness (QED) is 0.853. The monoisotopic (exact) mass is 340 g/mol. The third-order valence-electron chi connectivity index (χ3n) is 4.10. The molecule has 2 aromatic rings. The Kier molecular flexibility index (Phi) is 6.12. The van der Waals surface area contributed by atoms with Gasteiger partial charge in [-0.1, -0.05) is 52.3 Å². The SMILES string of the molecule is CCCCN(C)c1ccc(C(=O)Nc2ccccc2C(C)(C)C)nn1. The highest BCUT2D eigenvalue weighted by Gasteiger charge is 2.19. The molecule has 0 aliphatic carbocycles. The third-order valence-corrected chi connectivity index (χ3v) is 4.10. The Balaban J connectivity index is 2.12. The minimum absolute atomic E-state index is 0.0542. The fraction of sp³-hybridized carbons (Fsp3) is 0.450. The summed E-state index contributed by atoms with van der Waals surface area (Å²) in [5, 5.41) is 11.2. The van der Waals surface area contributed by atoms with Gasteiger partial charge in [-0.2, -0.15) is 0 Å². The molecule has 0 atom stereocenters. The van der Waals surface area contributed by atoms with Gasteiger partial charge >= 0.3 is 0 Å². The molecule has 0 unspecified atom stereocenters. The van der Waals surface area contributed by atoms with Crippen molar-refractivity contribution >= 4 is 17.4 Å². The number of benzene rings is 1. The molecule has 134 valence electrons. The summed E-state index contributed by atoms with van der Waals surface area (Å²) in [6, 6.07) is 11.4. The van der Waals surface area contributed by atoms with Crippen LogP contribution in [-0.4, -0.2) is 29.7 Å². The summed E-state index contributed by atoms with van der Waals surface area (Å²) in [6.07, 6.45) is 2.23. The zero-order chi connectivity index (χ0) is 18.4. The highest BCUT2D eigenvalue weighted by atomic mass is 16.1. The van der Waals surface area contributed by atoms with E-state index < -0.39 is 0 Å². The van der Waals surface area contributed by atoms with Crippen molar-refractivity contribution in [2.24, 2.45) is 0 Å². The van der Waals surface area contributed by atoms with Crippen LogP contribution in [0.4, 0.5) is 11.5 Å². The van der Waals surface area contributed by atoms with Gasteiger partial charge in [0.15, 0.2) is 11.5 Å². The highest BCUT2D eigenvalue weighted by Crippen LogP contribution is 2.29. The molecule has 1 aromatic carbocycles. The number of anilines is 2. The second-order valence-electron chi connectivity index (χ2n) is 7.30. The molecular weight excluding hydrogens is 312 g/mol. The van der Waals surface area contributed by atoms with E-state index in [9.17, 15) is 4.79 Å². The second-order valence-corrected chi connectivity index (χ2v) is 7.30. The lowest BCUT2D eigenvalue weighted by molar-refractivity contribution is 0.102. The number of hydrogen-bond donors (Lipinski definition) is 1. The number of carbonyl (C=O) groups is 1. The summed E-state index contributed by atoms with van der Waals surface area (Å²) >= 11 is 0. The maximum atomic E-state index is 12.5. The smallest absolute Gasteiger partial charge is 0.276 e. The van der Waals surface area contributed by atoms with Crippen LogP contribution in [0.25, 0.3) is 0 Å². The van der Waals surface area contributed by atoms with Crippen molar-refractivity contribution < 1.29 is 4.79 Å². The van der Waals surface area contributed by atoms with Gasteiger partial charge in [-0.05, 0) is 35.6 Å². The summed E-state index contributed by atoms with van der Waals surface area (Å²) in [5.41, 5.74) is 2.16. The molecule has 0 radical (unpaired) electrons. The molecule has 1 amide bonds. The van der Waals surface area contributed by atoms with Crippen molar-refractivity contribution in [3.05, 3.63) is 47.7 Å². The molecule has 5 heteroatoms.